The van der Waals surface area contributed by atoms with Crippen molar-refractivity contribution in [2.75, 3.05) is 0 Å². The van der Waals surface area contributed by atoms with Gasteiger partial charge in [-0.2, -0.15) is 4.57 Å². The number of benzene rings is 5. The van der Waals surface area contributed by atoms with Crippen LogP contribution < -0.4 is 4.57 Å². The van der Waals surface area contributed by atoms with Crippen LogP contribution in [0, 0.1) is 0 Å². The van der Waals surface area contributed by atoms with Crippen molar-refractivity contribution in [1.29, 1.82) is 0 Å². The van der Waals surface area contributed by atoms with E-state index < -0.39 is 0 Å². The van der Waals surface area contributed by atoms with Crippen LogP contribution in [0.25, 0.3) is 54.7 Å². The van der Waals surface area contributed by atoms with Crippen LogP contribution in [0.5, 0.6) is 0 Å². The second-order valence-electron chi connectivity index (χ2n) is 8.41. The van der Waals surface area contributed by atoms with E-state index in [0.29, 0.717) is 0 Å². The fourth-order valence-corrected chi connectivity index (χ4v) is 5.36. The molecule has 0 N–H and O–H groups in total. The van der Waals surface area contributed by atoms with Crippen LogP contribution in [0.4, 0.5) is 0 Å². The van der Waals surface area contributed by atoms with Crippen LogP contribution in [-0.2, 0) is 6.54 Å². The van der Waals surface area contributed by atoms with E-state index in [1.54, 1.807) is 0 Å². The van der Waals surface area contributed by atoms with Crippen LogP contribution in [0.15, 0.2) is 109 Å². The summed E-state index contributed by atoms with van der Waals surface area (Å²) in [5, 5.41) is 7.95. The van der Waals surface area contributed by atoms with Gasteiger partial charge in [-0.1, -0.05) is 97.1 Å². The number of hydrogen-bond donors (Lipinski definition) is 0. The van der Waals surface area contributed by atoms with Gasteiger partial charge in [0.1, 0.15) is 0 Å². The van der Waals surface area contributed by atoms with E-state index in [9.17, 15) is 0 Å². The molecule has 0 atom stereocenters. The topological polar surface area (TPSA) is 3.88 Å². The van der Waals surface area contributed by atoms with Gasteiger partial charge in [-0.3, -0.25) is 0 Å². The average molecular weight is 394 g/mol. The molecule has 0 unspecified atom stereocenters. The molecule has 0 aliphatic carbocycles. The Balaban J connectivity index is 1.62. The molecule has 7 rings (SSSR count). The van der Waals surface area contributed by atoms with Crippen molar-refractivity contribution in [3.05, 3.63) is 115 Å². The number of rotatable bonds is 1. The zero-order chi connectivity index (χ0) is 20.4. The summed E-state index contributed by atoms with van der Waals surface area (Å²) in [7, 11) is 0. The molecule has 1 heteroatoms. The van der Waals surface area contributed by atoms with Crippen molar-refractivity contribution < 1.29 is 4.57 Å². The molecule has 0 spiro atoms. The van der Waals surface area contributed by atoms with Gasteiger partial charge in [0, 0.05) is 17.0 Å². The Kier molecular flexibility index (Phi) is 3.39. The Morgan fingerprint density at radius 1 is 0.516 bits per heavy atom. The van der Waals surface area contributed by atoms with Crippen molar-refractivity contribution in [2.24, 2.45) is 0 Å². The minimum Gasteiger partial charge on any atom is -0.193 e. The fraction of sp³-hybridized carbons (Fsp3) is 0.0333. The molecule has 0 fully saturated rings. The highest BCUT2D eigenvalue weighted by molar-refractivity contribution is 6.25. The highest BCUT2D eigenvalue weighted by atomic mass is 15.0. The van der Waals surface area contributed by atoms with Crippen molar-refractivity contribution in [3.63, 3.8) is 0 Å². The Morgan fingerprint density at radius 3 is 1.84 bits per heavy atom. The van der Waals surface area contributed by atoms with Crippen LogP contribution in [0.1, 0.15) is 5.56 Å². The van der Waals surface area contributed by atoms with Gasteiger partial charge >= 0.3 is 0 Å². The van der Waals surface area contributed by atoms with E-state index >= 15 is 0 Å². The van der Waals surface area contributed by atoms with Gasteiger partial charge in [-0.15, -0.1) is 0 Å². The van der Waals surface area contributed by atoms with E-state index in [-0.39, 0.29) is 0 Å². The largest absolute Gasteiger partial charge is 0.214 e. The SMILES string of the molecule is c1ccc(-c2cccc3c2-c2cc4c5ccccc5c5ccccc5c4c[n+]2C3)cc1. The van der Waals surface area contributed by atoms with Crippen LogP contribution in [0.3, 0.4) is 0 Å². The number of hydrogen-bond acceptors (Lipinski definition) is 0. The van der Waals surface area contributed by atoms with E-state index in [0.717, 1.165) is 6.54 Å². The Labute approximate surface area is 180 Å². The molecule has 0 bridgehead atoms. The molecule has 1 aliphatic rings. The predicted molar refractivity (Wildman–Crippen MR) is 129 cm³/mol. The molecule has 0 radical (unpaired) electrons. The first-order chi connectivity index (χ1) is 15.4. The maximum Gasteiger partial charge on any atom is 0.214 e. The Morgan fingerprint density at radius 2 is 1.13 bits per heavy atom. The van der Waals surface area contributed by atoms with Gasteiger partial charge in [-0.05, 0) is 32.7 Å². The molecule has 5 aromatic carbocycles. The fourth-order valence-electron chi connectivity index (χ4n) is 5.36. The maximum absolute atomic E-state index is 2.43. The molecule has 0 saturated carbocycles. The van der Waals surface area contributed by atoms with Gasteiger partial charge in [0.2, 0.25) is 5.69 Å². The highest BCUT2D eigenvalue weighted by Gasteiger charge is 2.30. The number of fused-ring (bicyclic) bond motifs is 9. The first kappa shape index (κ1) is 16.8. The zero-order valence-electron chi connectivity index (χ0n) is 17.0. The van der Waals surface area contributed by atoms with E-state index in [1.165, 1.54) is 60.3 Å². The predicted octanol–water partition coefficient (Wildman–Crippen LogP) is 7.13. The molecule has 31 heavy (non-hydrogen) atoms. The first-order valence-electron chi connectivity index (χ1n) is 10.8. The van der Waals surface area contributed by atoms with Gasteiger partial charge in [0.25, 0.3) is 0 Å². The highest BCUT2D eigenvalue weighted by Crippen LogP contribution is 2.40. The summed E-state index contributed by atoms with van der Waals surface area (Å²) in [5.74, 6) is 0. The summed E-state index contributed by atoms with van der Waals surface area (Å²) in [5.41, 5.74) is 6.66. The Hall–Kier alpha value is -3.97. The van der Waals surface area contributed by atoms with Crippen molar-refractivity contribution in [2.45, 2.75) is 6.54 Å². The van der Waals surface area contributed by atoms with Crippen molar-refractivity contribution in [1.82, 2.24) is 0 Å². The standard InChI is InChI=1S/C30H20N/c1-2-9-20(10-3-1)22-16-8-11-21-18-31-19-28-26-15-7-5-13-24(26)23-12-4-6-14-25(23)27(28)17-29(31)30(21)22/h1-17,19H,18H2/q+1. The lowest BCUT2D eigenvalue weighted by Crippen LogP contribution is -2.31. The summed E-state index contributed by atoms with van der Waals surface area (Å²) in [6.45, 7) is 0.919. The van der Waals surface area contributed by atoms with E-state index in [1.807, 2.05) is 0 Å². The Bertz CT molecular complexity index is 1640. The van der Waals surface area contributed by atoms with Gasteiger partial charge in [0.05, 0.1) is 10.9 Å². The monoisotopic (exact) mass is 394 g/mol. The molecule has 6 aromatic rings. The summed E-state index contributed by atoms with van der Waals surface area (Å²) >= 11 is 0. The molecule has 0 amide bonds. The second-order valence-corrected chi connectivity index (χ2v) is 8.41. The third-order valence-electron chi connectivity index (χ3n) is 6.72. The maximum atomic E-state index is 2.43. The molecular weight excluding hydrogens is 374 g/mol. The van der Waals surface area contributed by atoms with Gasteiger partial charge < -0.3 is 0 Å². The van der Waals surface area contributed by atoms with Crippen molar-refractivity contribution >= 4 is 32.3 Å². The number of nitrogens with zero attached hydrogens (tertiary/aromatic N) is 1. The smallest absolute Gasteiger partial charge is 0.193 e. The number of aromatic nitrogens is 1. The molecule has 1 aliphatic heterocycles. The summed E-state index contributed by atoms with van der Waals surface area (Å²) in [6.07, 6.45) is 2.37. The zero-order valence-corrected chi connectivity index (χ0v) is 17.0. The number of pyridine rings is 1. The van der Waals surface area contributed by atoms with Crippen molar-refractivity contribution in [3.8, 4) is 22.4 Å². The third kappa shape index (κ3) is 2.35. The third-order valence-corrected chi connectivity index (χ3v) is 6.72. The van der Waals surface area contributed by atoms with Crippen LogP contribution in [-0.4, -0.2) is 0 Å². The lowest BCUT2D eigenvalue weighted by molar-refractivity contribution is -0.670. The van der Waals surface area contributed by atoms with Crippen LogP contribution >= 0.6 is 0 Å². The second kappa shape index (κ2) is 6.26. The van der Waals surface area contributed by atoms with Gasteiger partial charge in [0.15, 0.2) is 12.7 Å². The van der Waals surface area contributed by atoms with Crippen LogP contribution in [0.2, 0.25) is 0 Å². The minimum atomic E-state index is 0.919. The molecule has 1 aromatic heterocycles. The molecule has 1 nitrogen and oxygen atoms in total. The summed E-state index contributed by atoms with van der Waals surface area (Å²) in [6, 6.07) is 37.5. The van der Waals surface area contributed by atoms with E-state index in [4.69, 9.17) is 0 Å². The average Bonchev–Trinajstić information content (AvgIpc) is 3.21. The van der Waals surface area contributed by atoms with Gasteiger partial charge in [-0.25, -0.2) is 0 Å². The molecular formula is C30H20N+. The quantitative estimate of drug-likeness (QED) is 0.206. The summed E-state index contributed by atoms with van der Waals surface area (Å²) < 4.78 is 2.43. The molecule has 2 heterocycles. The molecule has 144 valence electrons. The lowest BCUT2D eigenvalue weighted by Gasteiger charge is -2.10. The summed E-state index contributed by atoms with van der Waals surface area (Å²) in [4.78, 5) is 0. The van der Waals surface area contributed by atoms with E-state index in [2.05, 4.69) is 114 Å². The lowest BCUT2D eigenvalue weighted by atomic mass is 9.92. The molecule has 0 saturated heterocycles. The minimum absolute atomic E-state index is 0.919. The first-order valence-corrected chi connectivity index (χ1v) is 10.8. The normalized spacial score (nSPS) is 12.4.